The number of nitrogens with zero attached hydrogens (tertiary/aromatic N) is 2. The summed E-state index contributed by atoms with van der Waals surface area (Å²) in [6, 6.07) is 2.63. The van der Waals surface area contributed by atoms with Gasteiger partial charge in [0, 0.05) is 6.54 Å². The third-order valence-electron chi connectivity index (χ3n) is 2.07. The lowest BCUT2D eigenvalue weighted by atomic mass is 10.1. The molecular formula is C10H16N4O2. The molecule has 0 saturated heterocycles. The molecule has 1 heterocycles. The molecule has 0 amide bonds. The number of rotatable bonds is 5. The Morgan fingerprint density at radius 2 is 2.25 bits per heavy atom. The van der Waals surface area contributed by atoms with E-state index >= 15 is 0 Å². The molecule has 1 aromatic heterocycles. The highest BCUT2D eigenvalue weighted by Gasteiger charge is 2.09. The zero-order valence-electron chi connectivity index (χ0n) is 9.43. The summed E-state index contributed by atoms with van der Waals surface area (Å²) in [5.41, 5.74) is 5.43. The Kier molecular flexibility index (Phi) is 4.04. The summed E-state index contributed by atoms with van der Waals surface area (Å²) in [5.74, 6) is 1.18. The van der Waals surface area contributed by atoms with Gasteiger partial charge in [-0.3, -0.25) is 10.1 Å². The molecule has 6 nitrogen and oxygen atoms in total. The van der Waals surface area contributed by atoms with Crippen LogP contribution in [-0.2, 0) is 0 Å². The van der Waals surface area contributed by atoms with Crippen LogP contribution in [0.15, 0.2) is 12.1 Å². The highest BCUT2D eigenvalue weighted by Crippen LogP contribution is 2.18. The first-order valence-corrected chi connectivity index (χ1v) is 5.15. The molecule has 3 N–H and O–H groups in total. The smallest absolute Gasteiger partial charge is 0.276 e. The summed E-state index contributed by atoms with van der Waals surface area (Å²) in [6.45, 7) is 4.94. The predicted molar refractivity (Wildman–Crippen MR) is 63.2 cm³/mol. The number of hydrogen-bond donors (Lipinski definition) is 2. The van der Waals surface area contributed by atoms with Gasteiger partial charge in [0.25, 0.3) is 5.69 Å². The van der Waals surface area contributed by atoms with Crippen LogP contribution in [0, 0.1) is 16.0 Å². The maximum atomic E-state index is 10.6. The fourth-order valence-corrected chi connectivity index (χ4v) is 1.22. The fraction of sp³-hybridized carbons (Fsp3) is 0.500. The van der Waals surface area contributed by atoms with Gasteiger partial charge in [0.1, 0.15) is 11.6 Å². The van der Waals surface area contributed by atoms with Crippen LogP contribution in [-0.4, -0.2) is 16.5 Å². The lowest BCUT2D eigenvalue weighted by molar-refractivity contribution is -0.384. The number of aromatic nitrogens is 1. The lowest BCUT2D eigenvalue weighted by Crippen LogP contribution is -2.07. The SMILES string of the molecule is CC(C)CCNc1cc([N+](=O)[O-])cc(N)n1. The summed E-state index contributed by atoms with van der Waals surface area (Å²) >= 11 is 0. The van der Waals surface area contributed by atoms with Gasteiger partial charge in [-0.2, -0.15) is 0 Å². The number of hydrogen-bond acceptors (Lipinski definition) is 5. The quantitative estimate of drug-likeness (QED) is 0.589. The van der Waals surface area contributed by atoms with E-state index in [1.165, 1.54) is 12.1 Å². The molecule has 0 radical (unpaired) electrons. The van der Waals surface area contributed by atoms with Crippen LogP contribution < -0.4 is 11.1 Å². The second-order valence-corrected chi connectivity index (χ2v) is 4.00. The molecule has 0 aliphatic carbocycles. The van der Waals surface area contributed by atoms with Gasteiger partial charge in [0.15, 0.2) is 0 Å². The minimum absolute atomic E-state index is 0.0421. The van der Waals surface area contributed by atoms with Crippen molar-refractivity contribution in [3.05, 3.63) is 22.2 Å². The molecule has 0 aliphatic rings. The van der Waals surface area contributed by atoms with E-state index in [1.54, 1.807) is 0 Å². The summed E-state index contributed by atoms with van der Waals surface area (Å²) < 4.78 is 0. The largest absolute Gasteiger partial charge is 0.383 e. The molecule has 0 aromatic carbocycles. The summed E-state index contributed by atoms with van der Waals surface area (Å²) in [7, 11) is 0. The van der Waals surface area contributed by atoms with Crippen LogP contribution in [0.3, 0.4) is 0 Å². The number of pyridine rings is 1. The Morgan fingerprint density at radius 3 is 2.81 bits per heavy atom. The van der Waals surface area contributed by atoms with Gasteiger partial charge < -0.3 is 11.1 Å². The van der Waals surface area contributed by atoms with Crippen LogP contribution in [0.2, 0.25) is 0 Å². The number of nitrogens with two attached hydrogens (primary N) is 1. The lowest BCUT2D eigenvalue weighted by Gasteiger charge is -2.07. The molecule has 88 valence electrons. The van der Waals surface area contributed by atoms with E-state index in [4.69, 9.17) is 5.73 Å². The fourth-order valence-electron chi connectivity index (χ4n) is 1.22. The van der Waals surface area contributed by atoms with Crippen molar-refractivity contribution in [2.24, 2.45) is 5.92 Å². The molecule has 16 heavy (non-hydrogen) atoms. The first-order chi connectivity index (χ1) is 7.49. The molecule has 0 spiro atoms. The van der Waals surface area contributed by atoms with E-state index in [-0.39, 0.29) is 11.5 Å². The summed E-state index contributed by atoms with van der Waals surface area (Å²) in [4.78, 5) is 14.1. The van der Waals surface area contributed by atoms with Crippen LogP contribution in [0.5, 0.6) is 0 Å². The second-order valence-electron chi connectivity index (χ2n) is 4.00. The third kappa shape index (κ3) is 3.72. The van der Waals surface area contributed by atoms with Crippen molar-refractivity contribution in [1.29, 1.82) is 0 Å². The molecule has 0 fully saturated rings. The number of nitrogen functional groups attached to an aromatic ring is 1. The topological polar surface area (TPSA) is 94.1 Å². The van der Waals surface area contributed by atoms with Crippen molar-refractivity contribution < 1.29 is 4.92 Å². The predicted octanol–water partition coefficient (Wildman–Crippen LogP) is 2.03. The molecule has 0 saturated carbocycles. The number of nitro groups is 1. The number of anilines is 2. The maximum Gasteiger partial charge on any atom is 0.276 e. The molecule has 0 aliphatic heterocycles. The standard InChI is InChI=1S/C10H16N4O2/c1-7(2)3-4-12-10-6-8(14(15)16)5-9(11)13-10/h5-7H,3-4H2,1-2H3,(H3,11,12,13). The Bertz CT molecular complexity index is 379. The normalized spacial score (nSPS) is 10.4. The highest BCUT2D eigenvalue weighted by atomic mass is 16.6. The van der Waals surface area contributed by atoms with Crippen molar-refractivity contribution in [1.82, 2.24) is 4.98 Å². The molecule has 1 aromatic rings. The molecule has 0 atom stereocenters. The second kappa shape index (κ2) is 5.29. The van der Waals surface area contributed by atoms with Gasteiger partial charge >= 0.3 is 0 Å². The Labute approximate surface area is 94.0 Å². The van der Waals surface area contributed by atoms with E-state index in [0.29, 0.717) is 11.7 Å². The Balaban J connectivity index is 2.69. The molecular weight excluding hydrogens is 208 g/mol. The van der Waals surface area contributed by atoms with Gasteiger partial charge in [0.05, 0.1) is 17.1 Å². The molecule has 1 rings (SSSR count). The zero-order valence-corrected chi connectivity index (χ0v) is 9.43. The van der Waals surface area contributed by atoms with E-state index in [9.17, 15) is 10.1 Å². The summed E-state index contributed by atoms with van der Waals surface area (Å²) in [5, 5.41) is 13.6. The van der Waals surface area contributed by atoms with Crippen molar-refractivity contribution in [2.75, 3.05) is 17.6 Å². The van der Waals surface area contributed by atoms with E-state index in [2.05, 4.69) is 24.1 Å². The van der Waals surface area contributed by atoms with Gasteiger partial charge in [-0.15, -0.1) is 0 Å². The first kappa shape index (κ1) is 12.2. The van der Waals surface area contributed by atoms with Crippen LogP contribution in [0.1, 0.15) is 20.3 Å². The minimum Gasteiger partial charge on any atom is -0.383 e. The molecule has 0 unspecified atom stereocenters. The molecule has 0 bridgehead atoms. The third-order valence-corrected chi connectivity index (χ3v) is 2.07. The zero-order chi connectivity index (χ0) is 12.1. The van der Waals surface area contributed by atoms with E-state index in [0.717, 1.165) is 13.0 Å². The van der Waals surface area contributed by atoms with E-state index < -0.39 is 4.92 Å². The van der Waals surface area contributed by atoms with Crippen LogP contribution in [0.4, 0.5) is 17.3 Å². The average Bonchev–Trinajstić information content (AvgIpc) is 2.16. The monoisotopic (exact) mass is 224 g/mol. The van der Waals surface area contributed by atoms with Crippen LogP contribution in [0.25, 0.3) is 0 Å². The van der Waals surface area contributed by atoms with Gasteiger partial charge in [-0.1, -0.05) is 13.8 Å². The van der Waals surface area contributed by atoms with Gasteiger partial charge in [-0.25, -0.2) is 4.98 Å². The average molecular weight is 224 g/mol. The highest BCUT2D eigenvalue weighted by molar-refractivity contribution is 5.52. The number of nitrogens with one attached hydrogen (secondary N) is 1. The first-order valence-electron chi connectivity index (χ1n) is 5.15. The summed E-state index contributed by atoms with van der Waals surface area (Å²) in [6.07, 6.45) is 0.976. The van der Waals surface area contributed by atoms with Gasteiger partial charge in [0.2, 0.25) is 0 Å². The Morgan fingerprint density at radius 1 is 1.56 bits per heavy atom. The minimum atomic E-state index is -0.480. The maximum absolute atomic E-state index is 10.6. The van der Waals surface area contributed by atoms with Crippen molar-refractivity contribution in [2.45, 2.75) is 20.3 Å². The Hall–Kier alpha value is -1.85. The van der Waals surface area contributed by atoms with Crippen molar-refractivity contribution in [3.8, 4) is 0 Å². The van der Waals surface area contributed by atoms with Crippen LogP contribution >= 0.6 is 0 Å². The van der Waals surface area contributed by atoms with Crippen molar-refractivity contribution in [3.63, 3.8) is 0 Å². The molecule has 6 heteroatoms. The van der Waals surface area contributed by atoms with Gasteiger partial charge in [-0.05, 0) is 12.3 Å². The van der Waals surface area contributed by atoms with E-state index in [1.807, 2.05) is 0 Å². The van der Waals surface area contributed by atoms with Crippen molar-refractivity contribution >= 4 is 17.3 Å².